The van der Waals surface area contributed by atoms with Crippen LogP contribution in [0.1, 0.15) is 18.5 Å². The smallest absolute Gasteiger partial charge is 0.319 e. The number of carbonyl (C=O) groups is 1. The fourth-order valence-electron chi connectivity index (χ4n) is 3.22. The molecule has 3 aromatic rings. The number of ether oxygens (including phenoxy) is 3. The van der Waals surface area contributed by atoms with Gasteiger partial charge in [0.1, 0.15) is 0 Å². The highest BCUT2D eigenvalue weighted by Gasteiger charge is 2.16. The van der Waals surface area contributed by atoms with E-state index >= 15 is 0 Å². The van der Waals surface area contributed by atoms with E-state index in [9.17, 15) is 4.79 Å². The van der Waals surface area contributed by atoms with E-state index in [1.54, 1.807) is 12.1 Å². The van der Waals surface area contributed by atoms with Gasteiger partial charge in [0, 0.05) is 12.1 Å². The molecule has 1 unspecified atom stereocenters. The Kier molecular flexibility index (Phi) is 5.89. The Morgan fingerprint density at radius 3 is 2.18 bits per heavy atom. The molecular formula is C22H24N2O4. The third-order valence-electron chi connectivity index (χ3n) is 4.56. The summed E-state index contributed by atoms with van der Waals surface area (Å²) in [5.74, 6) is 1.42. The molecule has 3 rings (SSSR count). The van der Waals surface area contributed by atoms with Crippen molar-refractivity contribution in [2.24, 2.45) is 0 Å². The number of carbonyl (C=O) groups excluding carboxylic acids is 1. The highest BCUT2D eigenvalue weighted by Crippen LogP contribution is 2.39. The van der Waals surface area contributed by atoms with Gasteiger partial charge in [0.2, 0.25) is 5.75 Å². The van der Waals surface area contributed by atoms with Gasteiger partial charge in [-0.2, -0.15) is 0 Å². The van der Waals surface area contributed by atoms with Crippen LogP contribution in [0.4, 0.5) is 10.5 Å². The maximum Gasteiger partial charge on any atom is 0.319 e. The summed E-state index contributed by atoms with van der Waals surface area (Å²) >= 11 is 0. The van der Waals surface area contributed by atoms with Crippen molar-refractivity contribution in [2.75, 3.05) is 26.6 Å². The first-order chi connectivity index (χ1) is 13.6. The summed E-state index contributed by atoms with van der Waals surface area (Å²) in [5, 5.41) is 8.06. The molecule has 1 atom stereocenters. The van der Waals surface area contributed by atoms with Gasteiger partial charge < -0.3 is 24.8 Å². The maximum absolute atomic E-state index is 12.6. The minimum absolute atomic E-state index is 0.173. The second-order valence-corrected chi connectivity index (χ2v) is 6.30. The van der Waals surface area contributed by atoms with Gasteiger partial charge in [-0.15, -0.1) is 0 Å². The van der Waals surface area contributed by atoms with Crippen LogP contribution in [0.2, 0.25) is 0 Å². The van der Waals surface area contributed by atoms with Gasteiger partial charge in [-0.3, -0.25) is 0 Å². The summed E-state index contributed by atoms with van der Waals surface area (Å²) in [6.07, 6.45) is 0. The van der Waals surface area contributed by atoms with E-state index in [2.05, 4.69) is 28.8 Å². The molecule has 28 heavy (non-hydrogen) atoms. The van der Waals surface area contributed by atoms with Crippen molar-refractivity contribution in [1.29, 1.82) is 0 Å². The predicted octanol–water partition coefficient (Wildman–Crippen LogP) is 4.75. The van der Waals surface area contributed by atoms with E-state index in [-0.39, 0.29) is 12.1 Å². The average molecular weight is 380 g/mol. The molecule has 0 saturated carbocycles. The first-order valence-electron chi connectivity index (χ1n) is 8.92. The molecule has 146 valence electrons. The Labute approximate surface area is 164 Å². The lowest BCUT2D eigenvalue weighted by molar-refractivity contribution is 0.249. The Morgan fingerprint density at radius 2 is 1.54 bits per heavy atom. The summed E-state index contributed by atoms with van der Waals surface area (Å²) in [6, 6.07) is 17.0. The normalized spacial score (nSPS) is 11.6. The zero-order valence-corrected chi connectivity index (χ0v) is 16.4. The Morgan fingerprint density at radius 1 is 0.893 bits per heavy atom. The third kappa shape index (κ3) is 3.96. The second kappa shape index (κ2) is 8.52. The van der Waals surface area contributed by atoms with Crippen LogP contribution in [0.25, 0.3) is 10.8 Å². The molecule has 0 radical (unpaired) electrons. The zero-order valence-electron chi connectivity index (χ0n) is 16.4. The fraction of sp³-hybridized carbons (Fsp3) is 0.227. The molecule has 0 bridgehead atoms. The average Bonchev–Trinajstić information content (AvgIpc) is 2.72. The molecule has 0 aliphatic carbocycles. The van der Waals surface area contributed by atoms with Crippen LogP contribution in [-0.2, 0) is 0 Å². The predicted molar refractivity (Wildman–Crippen MR) is 111 cm³/mol. The molecule has 2 N–H and O–H groups in total. The number of benzene rings is 3. The van der Waals surface area contributed by atoms with Crippen molar-refractivity contribution in [1.82, 2.24) is 5.32 Å². The number of fused-ring (bicyclic) bond motifs is 1. The van der Waals surface area contributed by atoms with Crippen LogP contribution in [-0.4, -0.2) is 27.4 Å². The largest absolute Gasteiger partial charge is 0.493 e. The summed E-state index contributed by atoms with van der Waals surface area (Å²) in [7, 11) is 4.60. The summed E-state index contributed by atoms with van der Waals surface area (Å²) < 4.78 is 15.9. The van der Waals surface area contributed by atoms with Gasteiger partial charge in [0.05, 0.1) is 33.1 Å². The maximum atomic E-state index is 12.6. The molecule has 0 spiro atoms. The van der Waals surface area contributed by atoms with Gasteiger partial charge >= 0.3 is 6.03 Å². The molecule has 6 nitrogen and oxygen atoms in total. The highest BCUT2D eigenvalue weighted by atomic mass is 16.5. The SMILES string of the molecule is COc1cc(NC(=O)NC(C)c2cccc3ccccc23)cc(OC)c1OC. The van der Waals surface area contributed by atoms with E-state index in [1.807, 2.05) is 31.2 Å². The number of rotatable bonds is 6. The van der Waals surface area contributed by atoms with Crippen LogP contribution in [0.3, 0.4) is 0 Å². The number of urea groups is 1. The van der Waals surface area contributed by atoms with Gasteiger partial charge in [-0.25, -0.2) is 4.79 Å². The quantitative estimate of drug-likeness (QED) is 0.648. The summed E-state index contributed by atoms with van der Waals surface area (Å²) in [4.78, 5) is 12.6. The standard InChI is InChI=1S/C22H24N2O4/c1-14(17-11-7-9-15-8-5-6-10-18(15)17)23-22(25)24-16-12-19(26-2)21(28-4)20(13-16)27-3/h5-14H,1-4H3,(H2,23,24,25). The Balaban J connectivity index is 1.78. The van der Waals surface area contributed by atoms with E-state index in [1.165, 1.54) is 21.3 Å². The highest BCUT2D eigenvalue weighted by molar-refractivity contribution is 5.91. The first kappa shape index (κ1) is 19.4. The second-order valence-electron chi connectivity index (χ2n) is 6.30. The molecule has 0 aliphatic rings. The van der Waals surface area contributed by atoms with Crippen LogP contribution < -0.4 is 24.8 Å². The molecule has 6 heteroatoms. The van der Waals surface area contributed by atoms with E-state index in [4.69, 9.17) is 14.2 Å². The molecule has 0 heterocycles. The van der Waals surface area contributed by atoms with E-state index in [0.29, 0.717) is 22.9 Å². The van der Waals surface area contributed by atoms with Crippen LogP contribution in [0.5, 0.6) is 17.2 Å². The number of anilines is 1. The van der Waals surface area contributed by atoms with Crippen LogP contribution >= 0.6 is 0 Å². The zero-order chi connectivity index (χ0) is 20.1. The number of hydrogen-bond donors (Lipinski definition) is 2. The molecule has 0 aromatic heterocycles. The molecule has 3 aromatic carbocycles. The van der Waals surface area contributed by atoms with Crippen molar-refractivity contribution in [3.05, 3.63) is 60.2 Å². The lowest BCUT2D eigenvalue weighted by Gasteiger charge is -2.18. The van der Waals surface area contributed by atoms with Crippen molar-refractivity contribution in [3.63, 3.8) is 0 Å². The van der Waals surface area contributed by atoms with Crippen LogP contribution in [0.15, 0.2) is 54.6 Å². The first-order valence-corrected chi connectivity index (χ1v) is 8.92. The minimum atomic E-state index is -0.324. The third-order valence-corrected chi connectivity index (χ3v) is 4.56. The summed E-state index contributed by atoms with van der Waals surface area (Å²) in [6.45, 7) is 1.95. The van der Waals surface area contributed by atoms with Gasteiger partial charge in [0.15, 0.2) is 11.5 Å². The lowest BCUT2D eigenvalue weighted by atomic mass is 10.00. The van der Waals surface area contributed by atoms with Crippen LogP contribution in [0, 0.1) is 0 Å². The van der Waals surface area contributed by atoms with E-state index in [0.717, 1.165) is 16.3 Å². The van der Waals surface area contributed by atoms with Gasteiger partial charge in [-0.1, -0.05) is 42.5 Å². The van der Waals surface area contributed by atoms with Crippen molar-refractivity contribution in [3.8, 4) is 17.2 Å². The minimum Gasteiger partial charge on any atom is -0.493 e. The number of hydrogen-bond acceptors (Lipinski definition) is 4. The number of methoxy groups -OCH3 is 3. The van der Waals surface area contributed by atoms with Crippen molar-refractivity contribution >= 4 is 22.5 Å². The van der Waals surface area contributed by atoms with Crippen molar-refractivity contribution in [2.45, 2.75) is 13.0 Å². The topological polar surface area (TPSA) is 68.8 Å². The van der Waals surface area contributed by atoms with Gasteiger partial charge in [-0.05, 0) is 23.3 Å². The lowest BCUT2D eigenvalue weighted by Crippen LogP contribution is -2.31. The van der Waals surface area contributed by atoms with Gasteiger partial charge in [0.25, 0.3) is 0 Å². The number of nitrogens with one attached hydrogen (secondary N) is 2. The fourth-order valence-corrected chi connectivity index (χ4v) is 3.22. The Hall–Kier alpha value is -3.41. The molecular weight excluding hydrogens is 356 g/mol. The molecule has 0 aliphatic heterocycles. The Bertz CT molecular complexity index is 957. The van der Waals surface area contributed by atoms with Crippen molar-refractivity contribution < 1.29 is 19.0 Å². The molecule has 0 saturated heterocycles. The molecule has 0 fully saturated rings. The summed E-state index contributed by atoms with van der Waals surface area (Å²) in [5.41, 5.74) is 1.59. The molecule has 2 amide bonds. The monoisotopic (exact) mass is 380 g/mol. The van der Waals surface area contributed by atoms with E-state index < -0.39 is 0 Å². The number of amides is 2.